The van der Waals surface area contributed by atoms with Gasteiger partial charge in [-0.25, -0.2) is 0 Å². The van der Waals surface area contributed by atoms with Crippen LogP contribution in [0, 0.1) is 0 Å². The molecule has 0 aliphatic rings. The maximum Gasteiger partial charge on any atom is 0.117 e. The minimum atomic E-state index is 0.529. The standard InChI is InChI=1S/C10H11N3O/c1-7(12-14)10-8-5-3-4-6-9(8)13(2)11-10/h3-6,14H,1-2H3/b12-7+. The number of hydrogen-bond donors (Lipinski definition) is 1. The van der Waals surface area contributed by atoms with Crippen molar-refractivity contribution < 1.29 is 5.21 Å². The first-order chi connectivity index (χ1) is 6.74. The van der Waals surface area contributed by atoms with Crippen LogP contribution >= 0.6 is 0 Å². The normalized spacial score (nSPS) is 12.3. The lowest BCUT2D eigenvalue weighted by Gasteiger charge is -1.91. The van der Waals surface area contributed by atoms with Gasteiger partial charge in [0.05, 0.1) is 5.52 Å². The lowest BCUT2D eigenvalue weighted by Crippen LogP contribution is -1.97. The first-order valence-electron chi connectivity index (χ1n) is 4.35. The summed E-state index contributed by atoms with van der Waals surface area (Å²) >= 11 is 0. The van der Waals surface area contributed by atoms with E-state index in [1.165, 1.54) is 0 Å². The van der Waals surface area contributed by atoms with Crippen molar-refractivity contribution in [1.29, 1.82) is 0 Å². The number of para-hydroxylation sites is 1. The largest absolute Gasteiger partial charge is 0.411 e. The van der Waals surface area contributed by atoms with Crippen LogP contribution in [-0.4, -0.2) is 20.7 Å². The Balaban J connectivity index is 2.79. The number of benzene rings is 1. The minimum absolute atomic E-state index is 0.529. The maximum atomic E-state index is 8.70. The monoisotopic (exact) mass is 189 g/mol. The summed E-state index contributed by atoms with van der Waals surface area (Å²) in [5.41, 5.74) is 2.29. The maximum absolute atomic E-state index is 8.70. The molecule has 0 saturated heterocycles. The molecule has 0 atom stereocenters. The molecule has 0 bridgehead atoms. The van der Waals surface area contributed by atoms with Crippen molar-refractivity contribution in [2.75, 3.05) is 0 Å². The summed E-state index contributed by atoms with van der Waals surface area (Å²) in [6, 6.07) is 7.85. The van der Waals surface area contributed by atoms with Crippen LogP contribution < -0.4 is 0 Å². The summed E-state index contributed by atoms with van der Waals surface area (Å²) in [7, 11) is 1.87. The van der Waals surface area contributed by atoms with Crippen molar-refractivity contribution in [3.8, 4) is 0 Å². The Kier molecular flexibility index (Phi) is 1.96. The number of aromatic nitrogens is 2. The Labute approximate surface area is 81.5 Å². The lowest BCUT2D eigenvalue weighted by atomic mass is 10.1. The number of oxime groups is 1. The Morgan fingerprint density at radius 2 is 2.14 bits per heavy atom. The van der Waals surface area contributed by atoms with Crippen LogP contribution in [0.5, 0.6) is 0 Å². The number of aryl methyl sites for hydroxylation is 1. The molecule has 72 valence electrons. The van der Waals surface area contributed by atoms with Gasteiger partial charge in [-0.2, -0.15) is 5.10 Å². The van der Waals surface area contributed by atoms with Crippen LogP contribution in [-0.2, 0) is 7.05 Å². The highest BCUT2D eigenvalue weighted by molar-refractivity contribution is 6.07. The third kappa shape index (κ3) is 1.16. The molecule has 2 aromatic rings. The van der Waals surface area contributed by atoms with Gasteiger partial charge in [-0.05, 0) is 13.0 Å². The van der Waals surface area contributed by atoms with Gasteiger partial charge in [0.2, 0.25) is 0 Å². The predicted octanol–water partition coefficient (Wildman–Crippen LogP) is 1.77. The number of hydrogen-bond acceptors (Lipinski definition) is 3. The topological polar surface area (TPSA) is 50.4 Å². The number of nitrogens with zero attached hydrogens (tertiary/aromatic N) is 3. The minimum Gasteiger partial charge on any atom is -0.411 e. The second-order valence-corrected chi connectivity index (χ2v) is 3.17. The molecule has 0 amide bonds. The predicted molar refractivity (Wildman–Crippen MR) is 54.7 cm³/mol. The summed E-state index contributed by atoms with van der Waals surface area (Å²) in [5, 5.41) is 17.1. The van der Waals surface area contributed by atoms with Crippen molar-refractivity contribution in [1.82, 2.24) is 9.78 Å². The van der Waals surface area contributed by atoms with Crippen molar-refractivity contribution in [2.45, 2.75) is 6.92 Å². The Bertz CT molecular complexity index is 499. The molecular formula is C10H11N3O. The van der Waals surface area contributed by atoms with Crippen LogP contribution in [0.3, 0.4) is 0 Å². The molecule has 1 aromatic heterocycles. The molecule has 0 unspecified atom stereocenters. The molecule has 14 heavy (non-hydrogen) atoms. The van der Waals surface area contributed by atoms with E-state index >= 15 is 0 Å². The molecule has 1 heterocycles. The van der Waals surface area contributed by atoms with E-state index in [-0.39, 0.29) is 0 Å². The van der Waals surface area contributed by atoms with E-state index in [0.29, 0.717) is 5.71 Å². The van der Waals surface area contributed by atoms with Gasteiger partial charge in [0.15, 0.2) is 0 Å². The van der Waals surface area contributed by atoms with E-state index in [4.69, 9.17) is 5.21 Å². The third-order valence-corrected chi connectivity index (χ3v) is 2.25. The average molecular weight is 189 g/mol. The van der Waals surface area contributed by atoms with Gasteiger partial charge in [0.1, 0.15) is 11.4 Å². The van der Waals surface area contributed by atoms with Gasteiger partial charge >= 0.3 is 0 Å². The van der Waals surface area contributed by atoms with Crippen LogP contribution in [0.25, 0.3) is 10.9 Å². The van der Waals surface area contributed by atoms with Gasteiger partial charge in [0, 0.05) is 12.4 Å². The highest BCUT2D eigenvalue weighted by atomic mass is 16.4. The zero-order valence-corrected chi connectivity index (χ0v) is 8.10. The molecule has 4 nitrogen and oxygen atoms in total. The Morgan fingerprint density at radius 1 is 1.43 bits per heavy atom. The van der Waals surface area contributed by atoms with Gasteiger partial charge in [-0.15, -0.1) is 0 Å². The van der Waals surface area contributed by atoms with Crippen molar-refractivity contribution >= 4 is 16.6 Å². The quantitative estimate of drug-likeness (QED) is 0.422. The van der Waals surface area contributed by atoms with E-state index in [2.05, 4.69) is 10.3 Å². The van der Waals surface area contributed by atoms with E-state index in [1.807, 2.05) is 31.3 Å². The van der Waals surface area contributed by atoms with Crippen molar-refractivity contribution in [2.24, 2.45) is 12.2 Å². The lowest BCUT2D eigenvalue weighted by molar-refractivity contribution is 0.319. The molecule has 4 heteroatoms. The SMILES string of the molecule is C/C(=N\O)c1nn(C)c2ccccc12. The molecule has 2 rings (SSSR count). The highest BCUT2D eigenvalue weighted by Crippen LogP contribution is 2.17. The van der Waals surface area contributed by atoms with Crippen molar-refractivity contribution in [3.05, 3.63) is 30.0 Å². The first kappa shape index (κ1) is 8.74. The summed E-state index contributed by atoms with van der Waals surface area (Å²) in [6.07, 6.45) is 0. The van der Waals surface area contributed by atoms with Crippen LogP contribution in [0.2, 0.25) is 0 Å². The molecule has 1 N–H and O–H groups in total. The number of rotatable bonds is 1. The zero-order chi connectivity index (χ0) is 10.1. The summed E-state index contributed by atoms with van der Waals surface area (Å²) in [5.74, 6) is 0. The van der Waals surface area contributed by atoms with Gasteiger partial charge < -0.3 is 5.21 Å². The summed E-state index contributed by atoms with van der Waals surface area (Å²) in [4.78, 5) is 0. The van der Waals surface area contributed by atoms with Crippen molar-refractivity contribution in [3.63, 3.8) is 0 Å². The Morgan fingerprint density at radius 3 is 2.86 bits per heavy atom. The smallest absolute Gasteiger partial charge is 0.117 e. The number of fused-ring (bicyclic) bond motifs is 1. The average Bonchev–Trinajstić information content (AvgIpc) is 2.56. The van der Waals surface area contributed by atoms with Crippen LogP contribution in [0.15, 0.2) is 29.4 Å². The molecule has 0 aliphatic heterocycles. The molecule has 0 saturated carbocycles. The Hall–Kier alpha value is -1.84. The first-order valence-corrected chi connectivity index (χ1v) is 4.35. The van der Waals surface area contributed by atoms with E-state index < -0.39 is 0 Å². The fourth-order valence-corrected chi connectivity index (χ4v) is 1.53. The highest BCUT2D eigenvalue weighted by Gasteiger charge is 2.09. The molecule has 0 spiro atoms. The van der Waals surface area contributed by atoms with E-state index in [1.54, 1.807) is 11.6 Å². The fraction of sp³-hybridized carbons (Fsp3) is 0.200. The summed E-state index contributed by atoms with van der Waals surface area (Å²) < 4.78 is 1.78. The fourth-order valence-electron chi connectivity index (χ4n) is 1.53. The third-order valence-electron chi connectivity index (χ3n) is 2.25. The van der Waals surface area contributed by atoms with E-state index in [9.17, 15) is 0 Å². The second kappa shape index (κ2) is 3.14. The molecule has 1 aromatic carbocycles. The van der Waals surface area contributed by atoms with Gasteiger partial charge in [-0.1, -0.05) is 23.4 Å². The summed E-state index contributed by atoms with van der Waals surface area (Å²) in [6.45, 7) is 1.73. The van der Waals surface area contributed by atoms with Gasteiger partial charge in [-0.3, -0.25) is 4.68 Å². The van der Waals surface area contributed by atoms with E-state index in [0.717, 1.165) is 16.6 Å². The molecular weight excluding hydrogens is 178 g/mol. The van der Waals surface area contributed by atoms with Gasteiger partial charge in [0.25, 0.3) is 0 Å². The molecule has 0 fully saturated rings. The second-order valence-electron chi connectivity index (χ2n) is 3.17. The zero-order valence-electron chi connectivity index (χ0n) is 8.10. The van der Waals surface area contributed by atoms with Crippen LogP contribution in [0.1, 0.15) is 12.6 Å². The molecule has 0 radical (unpaired) electrons. The molecule has 0 aliphatic carbocycles. The van der Waals surface area contributed by atoms with Crippen LogP contribution in [0.4, 0.5) is 0 Å².